The first kappa shape index (κ1) is 13.5. The Balaban J connectivity index is 1.71. The molecule has 0 saturated carbocycles. The average Bonchev–Trinajstić information content (AvgIpc) is 2.82. The third-order valence-electron chi connectivity index (χ3n) is 3.63. The SMILES string of the molecule is CN(C)c1ncc2c(n1)CN(CCc1ccccc1)C2=O. The zero-order chi connectivity index (χ0) is 14.8. The van der Waals surface area contributed by atoms with Crippen LogP contribution in [0.25, 0.3) is 0 Å². The van der Waals surface area contributed by atoms with Gasteiger partial charge in [0.1, 0.15) is 0 Å². The van der Waals surface area contributed by atoms with Gasteiger partial charge in [0.25, 0.3) is 5.91 Å². The Kier molecular flexibility index (Phi) is 3.56. The number of aromatic nitrogens is 2. The lowest BCUT2D eigenvalue weighted by atomic mass is 10.1. The predicted octanol–water partition coefficient (Wildman–Crippen LogP) is 1.74. The Morgan fingerprint density at radius 2 is 2.00 bits per heavy atom. The highest BCUT2D eigenvalue weighted by Gasteiger charge is 2.29. The summed E-state index contributed by atoms with van der Waals surface area (Å²) in [5.41, 5.74) is 2.70. The van der Waals surface area contributed by atoms with Crippen molar-refractivity contribution in [3.8, 4) is 0 Å². The molecule has 1 aromatic carbocycles. The minimum absolute atomic E-state index is 0.0336. The van der Waals surface area contributed by atoms with Crippen LogP contribution in [0.3, 0.4) is 0 Å². The second kappa shape index (κ2) is 5.52. The maximum Gasteiger partial charge on any atom is 0.257 e. The van der Waals surface area contributed by atoms with E-state index in [9.17, 15) is 4.79 Å². The molecule has 5 heteroatoms. The molecule has 0 unspecified atom stereocenters. The molecule has 0 radical (unpaired) electrons. The van der Waals surface area contributed by atoms with Crippen LogP contribution < -0.4 is 4.90 Å². The molecule has 0 saturated heterocycles. The second-order valence-electron chi connectivity index (χ2n) is 5.39. The molecule has 1 amide bonds. The van der Waals surface area contributed by atoms with Crippen molar-refractivity contribution in [2.24, 2.45) is 0 Å². The van der Waals surface area contributed by atoms with Crippen LogP contribution in [-0.4, -0.2) is 41.4 Å². The molecule has 2 heterocycles. The van der Waals surface area contributed by atoms with Gasteiger partial charge in [-0.1, -0.05) is 30.3 Å². The smallest absolute Gasteiger partial charge is 0.257 e. The van der Waals surface area contributed by atoms with Crippen LogP contribution in [0.1, 0.15) is 21.6 Å². The molecule has 21 heavy (non-hydrogen) atoms. The van der Waals surface area contributed by atoms with Crippen LogP contribution in [0.15, 0.2) is 36.5 Å². The average molecular weight is 282 g/mol. The van der Waals surface area contributed by atoms with E-state index in [1.165, 1.54) is 5.56 Å². The van der Waals surface area contributed by atoms with Crippen LogP contribution in [-0.2, 0) is 13.0 Å². The monoisotopic (exact) mass is 282 g/mol. The minimum Gasteiger partial charge on any atom is -0.347 e. The number of nitrogens with zero attached hydrogens (tertiary/aromatic N) is 4. The lowest BCUT2D eigenvalue weighted by Gasteiger charge is -2.14. The van der Waals surface area contributed by atoms with Crippen LogP contribution in [0, 0.1) is 0 Å². The molecule has 108 valence electrons. The van der Waals surface area contributed by atoms with Gasteiger partial charge in [0, 0.05) is 26.8 Å². The first-order valence-electron chi connectivity index (χ1n) is 7.01. The Hall–Kier alpha value is -2.43. The lowest BCUT2D eigenvalue weighted by molar-refractivity contribution is 0.0780. The number of carbonyl (C=O) groups excluding carboxylic acids is 1. The zero-order valence-corrected chi connectivity index (χ0v) is 12.3. The number of amides is 1. The fraction of sp³-hybridized carbons (Fsp3) is 0.312. The van der Waals surface area contributed by atoms with E-state index in [4.69, 9.17) is 0 Å². The Morgan fingerprint density at radius 1 is 1.24 bits per heavy atom. The van der Waals surface area contributed by atoms with E-state index in [1.54, 1.807) is 6.20 Å². The largest absolute Gasteiger partial charge is 0.347 e. The highest BCUT2D eigenvalue weighted by atomic mass is 16.2. The number of hydrogen-bond donors (Lipinski definition) is 0. The van der Waals surface area contributed by atoms with Gasteiger partial charge in [-0.25, -0.2) is 9.97 Å². The Bertz CT molecular complexity index is 655. The van der Waals surface area contributed by atoms with Crippen molar-refractivity contribution in [2.45, 2.75) is 13.0 Å². The first-order chi connectivity index (χ1) is 10.1. The molecule has 0 N–H and O–H groups in total. The minimum atomic E-state index is 0.0336. The fourth-order valence-corrected chi connectivity index (χ4v) is 2.43. The molecule has 5 nitrogen and oxygen atoms in total. The second-order valence-corrected chi connectivity index (χ2v) is 5.39. The van der Waals surface area contributed by atoms with Crippen molar-refractivity contribution in [3.63, 3.8) is 0 Å². The molecule has 2 aromatic rings. The van der Waals surface area contributed by atoms with Gasteiger partial charge in [0.2, 0.25) is 5.95 Å². The van der Waals surface area contributed by atoms with Crippen molar-refractivity contribution < 1.29 is 4.79 Å². The van der Waals surface area contributed by atoms with Crippen molar-refractivity contribution >= 4 is 11.9 Å². The molecule has 0 atom stereocenters. The van der Waals surface area contributed by atoms with Gasteiger partial charge in [-0.3, -0.25) is 4.79 Å². The summed E-state index contributed by atoms with van der Waals surface area (Å²) in [6, 6.07) is 10.2. The number of carbonyl (C=O) groups is 1. The van der Waals surface area contributed by atoms with Crippen LogP contribution in [0.2, 0.25) is 0 Å². The van der Waals surface area contributed by atoms with Crippen LogP contribution in [0.4, 0.5) is 5.95 Å². The van der Waals surface area contributed by atoms with Crippen molar-refractivity contribution in [2.75, 3.05) is 25.5 Å². The van der Waals surface area contributed by atoms with Gasteiger partial charge in [-0.2, -0.15) is 0 Å². The summed E-state index contributed by atoms with van der Waals surface area (Å²) in [7, 11) is 3.79. The standard InChI is InChI=1S/C16H18N4O/c1-19(2)16-17-10-13-14(18-16)11-20(15(13)21)9-8-12-6-4-3-5-7-12/h3-7,10H,8-9,11H2,1-2H3. The van der Waals surface area contributed by atoms with Crippen molar-refractivity contribution in [1.29, 1.82) is 0 Å². The van der Waals surface area contributed by atoms with Gasteiger partial charge in [0.15, 0.2) is 0 Å². The van der Waals surface area contributed by atoms with E-state index >= 15 is 0 Å². The van der Waals surface area contributed by atoms with E-state index in [-0.39, 0.29) is 5.91 Å². The Morgan fingerprint density at radius 3 is 2.71 bits per heavy atom. The summed E-state index contributed by atoms with van der Waals surface area (Å²) in [5, 5.41) is 0. The van der Waals surface area contributed by atoms with Crippen LogP contribution in [0.5, 0.6) is 0 Å². The molecular formula is C16H18N4O. The maximum atomic E-state index is 12.3. The summed E-state index contributed by atoms with van der Waals surface area (Å²) in [6.45, 7) is 1.28. The van der Waals surface area contributed by atoms with E-state index in [1.807, 2.05) is 42.1 Å². The highest BCUT2D eigenvalue weighted by Crippen LogP contribution is 2.22. The number of rotatable bonds is 4. The van der Waals surface area contributed by atoms with Gasteiger partial charge in [0.05, 0.1) is 17.8 Å². The van der Waals surface area contributed by atoms with Crippen molar-refractivity contribution in [3.05, 3.63) is 53.3 Å². The third kappa shape index (κ3) is 2.72. The molecule has 3 rings (SSSR count). The molecule has 1 aliphatic rings. The normalized spacial score (nSPS) is 13.4. The van der Waals surface area contributed by atoms with E-state index in [2.05, 4.69) is 22.1 Å². The first-order valence-corrected chi connectivity index (χ1v) is 7.01. The van der Waals surface area contributed by atoms with E-state index in [0.29, 0.717) is 24.6 Å². The number of fused-ring (bicyclic) bond motifs is 1. The fourth-order valence-electron chi connectivity index (χ4n) is 2.43. The maximum absolute atomic E-state index is 12.3. The van der Waals surface area contributed by atoms with E-state index in [0.717, 1.165) is 12.1 Å². The number of hydrogen-bond acceptors (Lipinski definition) is 4. The summed E-state index contributed by atoms with van der Waals surface area (Å²) in [6.07, 6.45) is 2.50. The zero-order valence-electron chi connectivity index (χ0n) is 12.3. The van der Waals surface area contributed by atoms with Gasteiger partial charge >= 0.3 is 0 Å². The number of anilines is 1. The van der Waals surface area contributed by atoms with Gasteiger partial charge in [-0.15, -0.1) is 0 Å². The molecule has 1 aliphatic heterocycles. The molecule has 0 fully saturated rings. The molecule has 0 aliphatic carbocycles. The summed E-state index contributed by atoms with van der Waals surface area (Å²) >= 11 is 0. The lowest BCUT2D eigenvalue weighted by Crippen LogP contribution is -2.26. The van der Waals surface area contributed by atoms with Gasteiger partial charge < -0.3 is 9.80 Å². The molecule has 0 spiro atoms. The van der Waals surface area contributed by atoms with Crippen LogP contribution >= 0.6 is 0 Å². The van der Waals surface area contributed by atoms with Gasteiger partial charge in [-0.05, 0) is 12.0 Å². The summed E-state index contributed by atoms with van der Waals surface area (Å²) in [4.78, 5) is 24.7. The Labute approximate surface area is 124 Å². The summed E-state index contributed by atoms with van der Waals surface area (Å²) < 4.78 is 0. The quantitative estimate of drug-likeness (QED) is 0.857. The van der Waals surface area contributed by atoms with E-state index < -0.39 is 0 Å². The molecule has 0 bridgehead atoms. The summed E-state index contributed by atoms with van der Waals surface area (Å²) in [5.74, 6) is 0.678. The number of benzene rings is 1. The molecule has 1 aromatic heterocycles. The molecular weight excluding hydrogens is 264 g/mol. The predicted molar refractivity (Wildman–Crippen MR) is 81.2 cm³/mol. The third-order valence-corrected chi connectivity index (χ3v) is 3.63. The topological polar surface area (TPSA) is 49.3 Å². The highest BCUT2D eigenvalue weighted by molar-refractivity contribution is 5.97. The van der Waals surface area contributed by atoms with Crippen molar-refractivity contribution in [1.82, 2.24) is 14.9 Å².